The Bertz CT molecular complexity index is 514. The monoisotopic (exact) mass is 279 g/mol. The van der Waals surface area contributed by atoms with Gasteiger partial charge in [0, 0.05) is 30.9 Å². The van der Waals surface area contributed by atoms with Crippen LogP contribution in [-0.2, 0) is 13.1 Å². The minimum atomic E-state index is 0.621. The van der Waals surface area contributed by atoms with Crippen LogP contribution in [0, 0.1) is 0 Å². The molecule has 0 aliphatic heterocycles. The molecule has 1 aliphatic rings. The van der Waals surface area contributed by atoms with Crippen molar-refractivity contribution in [3.8, 4) is 0 Å². The van der Waals surface area contributed by atoms with Gasteiger partial charge in [0.1, 0.15) is 0 Å². The molecule has 0 unspecified atom stereocenters. The Kier molecular flexibility index (Phi) is 3.37. The first-order chi connectivity index (χ1) is 8.78. The van der Waals surface area contributed by atoms with Gasteiger partial charge in [0.15, 0.2) is 5.13 Å². The van der Waals surface area contributed by atoms with E-state index in [0.717, 1.165) is 11.7 Å². The number of nitrogens with two attached hydrogens (primary N) is 1. The van der Waals surface area contributed by atoms with Gasteiger partial charge in [0.2, 0.25) is 0 Å². The summed E-state index contributed by atoms with van der Waals surface area (Å²) in [4.78, 5) is 8.28. The fourth-order valence-electron chi connectivity index (χ4n) is 2.06. The Morgan fingerprint density at radius 2 is 2.33 bits per heavy atom. The smallest absolute Gasteiger partial charge is 0.185 e. The molecule has 0 radical (unpaired) electrons. The molecule has 18 heavy (non-hydrogen) atoms. The second-order valence-corrected chi connectivity index (χ2v) is 6.61. The quantitative estimate of drug-likeness (QED) is 0.914. The van der Waals surface area contributed by atoms with E-state index in [4.69, 9.17) is 10.7 Å². The molecule has 1 aliphatic carbocycles. The lowest BCUT2D eigenvalue weighted by molar-refractivity contribution is 0.900. The van der Waals surface area contributed by atoms with Crippen LogP contribution in [0.15, 0.2) is 16.8 Å². The molecule has 0 spiro atoms. The van der Waals surface area contributed by atoms with Crippen LogP contribution in [0.2, 0.25) is 0 Å². The first-order valence-electron chi connectivity index (χ1n) is 6.20. The number of rotatable bonds is 5. The second-order valence-electron chi connectivity index (χ2n) is 4.77. The molecule has 2 N–H and O–H groups in total. The van der Waals surface area contributed by atoms with Gasteiger partial charge in [-0.25, -0.2) is 4.98 Å². The van der Waals surface area contributed by atoms with E-state index < -0.39 is 0 Å². The van der Waals surface area contributed by atoms with Crippen LogP contribution in [0.5, 0.6) is 0 Å². The lowest BCUT2D eigenvalue weighted by Gasteiger charge is -2.14. The van der Waals surface area contributed by atoms with E-state index in [2.05, 4.69) is 28.8 Å². The summed E-state index contributed by atoms with van der Waals surface area (Å²) in [5, 5.41) is 5.41. The summed E-state index contributed by atoms with van der Waals surface area (Å²) >= 11 is 3.49. The molecule has 2 aromatic rings. The molecule has 1 fully saturated rings. The molecule has 0 aromatic carbocycles. The van der Waals surface area contributed by atoms with Gasteiger partial charge in [-0.15, -0.1) is 11.3 Å². The van der Waals surface area contributed by atoms with E-state index in [1.54, 1.807) is 22.7 Å². The summed E-state index contributed by atoms with van der Waals surface area (Å²) in [6.45, 7) is 1.54. The maximum atomic E-state index is 5.82. The lowest BCUT2D eigenvalue weighted by Crippen LogP contribution is -2.15. The summed E-state index contributed by atoms with van der Waals surface area (Å²) in [5.41, 5.74) is 8.43. The van der Waals surface area contributed by atoms with Crippen LogP contribution < -0.4 is 10.6 Å². The minimum absolute atomic E-state index is 0.621. The normalized spacial score (nSPS) is 15.0. The third-order valence-electron chi connectivity index (χ3n) is 3.19. The van der Waals surface area contributed by atoms with E-state index in [9.17, 15) is 0 Å². The summed E-state index contributed by atoms with van der Waals surface area (Å²) in [6, 6.07) is 2.17. The van der Waals surface area contributed by atoms with E-state index >= 15 is 0 Å². The van der Waals surface area contributed by atoms with E-state index in [1.165, 1.54) is 29.0 Å². The SMILES string of the molecule is CN(Cc1ccsc1)c1nc(C2CC2)c(CN)s1. The summed E-state index contributed by atoms with van der Waals surface area (Å²) in [7, 11) is 2.10. The predicted octanol–water partition coefficient (Wildman–Crippen LogP) is 3.18. The van der Waals surface area contributed by atoms with Crippen LogP contribution >= 0.6 is 22.7 Å². The molecule has 2 aromatic heterocycles. The number of aromatic nitrogens is 1. The van der Waals surface area contributed by atoms with Crippen molar-refractivity contribution in [3.63, 3.8) is 0 Å². The van der Waals surface area contributed by atoms with E-state index in [-0.39, 0.29) is 0 Å². The van der Waals surface area contributed by atoms with Gasteiger partial charge in [-0.2, -0.15) is 11.3 Å². The molecular weight excluding hydrogens is 262 g/mol. The van der Waals surface area contributed by atoms with Gasteiger partial charge in [0.05, 0.1) is 5.69 Å². The number of hydrogen-bond donors (Lipinski definition) is 1. The molecular formula is C13H17N3S2. The second kappa shape index (κ2) is 4.99. The Labute approximate surface area is 115 Å². The Morgan fingerprint density at radius 3 is 2.94 bits per heavy atom. The average Bonchev–Trinajstić information content (AvgIpc) is 2.92. The predicted molar refractivity (Wildman–Crippen MR) is 78.4 cm³/mol. The highest BCUT2D eigenvalue weighted by Crippen LogP contribution is 2.44. The highest BCUT2D eigenvalue weighted by Gasteiger charge is 2.29. The molecule has 1 saturated carbocycles. The van der Waals surface area contributed by atoms with Gasteiger partial charge in [-0.3, -0.25) is 0 Å². The Balaban J connectivity index is 1.78. The van der Waals surface area contributed by atoms with E-state index in [0.29, 0.717) is 12.5 Å². The van der Waals surface area contributed by atoms with Crippen LogP contribution in [0.3, 0.4) is 0 Å². The van der Waals surface area contributed by atoms with Gasteiger partial charge < -0.3 is 10.6 Å². The van der Waals surface area contributed by atoms with Crippen molar-refractivity contribution >= 4 is 27.8 Å². The van der Waals surface area contributed by atoms with Gasteiger partial charge in [-0.1, -0.05) is 0 Å². The van der Waals surface area contributed by atoms with Crippen molar-refractivity contribution in [2.24, 2.45) is 5.73 Å². The maximum Gasteiger partial charge on any atom is 0.185 e. The van der Waals surface area contributed by atoms with Crippen molar-refractivity contribution in [1.29, 1.82) is 0 Å². The fraction of sp³-hybridized carbons (Fsp3) is 0.462. The summed E-state index contributed by atoms with van der Waals surface area (Å²) in [6.07, 6.45) is 2.56. The lowest BCUT2D eigenvalue weighted by atomic mass is 10.2. The zero-order valence-corrected chi connectivity index (χ0v) is 12.1. The zero-order chi connectivity index (χ0) is 12.5. The number of thiazole rings is 1. The number of hydrogen-bond acceptors (Lipinski definition) is 5. The Hall–Kier alpha value is -0.910. The fourth-order valence-corrected chi connectivity index (χ4v) is 3.70. The van der Waals surface area contributed by atoms with Crippen molar-refractivity contribution in [3.05, 3.63) is 33.0 Å². The van der Waals surface area contributed by atoms with Crippen LogP contribution in [0.25, 0.3) is 0 Å². The Morgan fingerprint density at radius 1 is 1.50 bits per heavy atom. The van der Waals surface area contributed by atoms with Crippen LogP contribution in [-0.4, -0.2) is 12.0 Å². The van der Waals surface area contributed by atoms with Gasteiger partial charge >= 0.3 is 0 Å². The van der Waals surface area contributed by atoms with E-state index in [1.807, 2.05) is 0 Å². The standard InChI is InChI=1S/C13H17N3S2/c1-16(7-9-4-5-17-8-9)13-15-12(10-2-3-10)11(6-14)18-13/h4-5,8,10H,2-3,6-7,14H2,1H3. The largest absolute Gasteiger partial charge is 0.347 e. The molecule has 96 valence electrons. The zero-order valence-electron chi connectivity index (χ0n) is 10.4. The number of anilines is 1. The summed E-state index contributed by atoms with van der Waals surface area (Å²) in [5.74, 6) is 0.683. The van der Waals surface area contributed by atoms with Crippen molar-refractivity contribution in [1.82, 2.24) is 4.98 Å². The third kappa shape index (κ3) is 2.43. The topological polar surface area (TPSA) is 42.2 Å². The molecule has 3 rings (SSSR count). The molecule has 2 heterocycles. The van der Waals surface area contributed by atoms with Gasteiger partial charge in [-0.05, 0) is 35.2 Å². The van der Waals surface area contributed by atoms with Gasteiger partial charge in [0.25, 0.3) is 0 Å². The first-order valence-corrected chi connectivity index (χ1v) is 7.95. The van der Waals surface area contributed by atoms with Crippen molar-refractivity contribution < 1.29 is 0 Å². The molecule has 0 bridgehead atoms. The first kappa shape index (κ1) is 12.1. The molecule has 5 heteroatoms. The molecule has 0 saturated heterocycles. The minimum Gasteiger partial charge on any atom is -0.347 e. The average molecular weight is 279 g/mol. The van der Waals surface area contributed by atoms with Crippen LogP contribution in [0.4, 0.5) is 5.13 Å². The molecule has 3 nitrogen and oxygen atoms in total. The third-order valence-corrected chi connectivity index (χ3v) is 5.13. The van der Waals surface area contributed by atoms with Crippen molar-refractivity contribution in [2.75, 3.05) is 11.9 Å². The number of nitrogens with zero attached hydrogens (tertiary/aromatic N) is 2. The number of thiophene rings is 1. The molecule has 0 atom stereocenters. The maximum absolute atomic E-state index is 5.82. The van der Waals surface area contributed by atoms with Crippen molar-refractivity contribution in [2.45, 2.75) is 31.8 Å². The molecule has 0 amide bonds. The van der Waals surface area contributed by atoms with Crippen LogP contribution in [0.1, 0.15) is 34.9 Å². The summed E-state index contributed by atoms with van der Waals surface area (Å²) < 4.78 is 0. The highest BCUT2D eigenvalue weighted by atomic mass is 32.1. The highest BCUT2D eigenvalue weighted by molar-refractivity contribution is 7.15.